The first-order valence-corrected chi connectivity index (χ1v) is 10.9. The molecule has 0 radical (unpaired) electrons. The first kappa shape index (κ1) is 20.8. The summed E-state index contributed by atoms with van der Waals surface area (Å²) in [5, 5.41) is 3.23. The van der Waals surface area contributed by atoms with Crippen LogP contribution < -0.4 is 11.1 Å². The van der Waals surface area contributed by atoms with E-state index in [4.69, 9.17) is 5.73 Å². The average molecular weight is 343 g/mol. The van der Waals surface area contributed by atoms with Gasteiger partial charge < -0.3 is 11.1 Å². The molecule has 1 aliphatic rings. The van der Waals surface area contributed by atoms with Crippen LogP contribution in [0.25, 0.3) is 0 Å². The van der Waals surface area contributed by atoms with Crippen LogP contribution in [0.1, 0.15) is 96.8 Å². The number of amides is 1. The largest absolute Gasteiger partial charge is 0.343 e. The molecule has 23 heavy (non-hydrogen) atoms. The van der Waals surface area contributed by atoms with Crippen molar-refractivity contribution >= 4 is 17.0 Å². The third kappa shape index (κ3) is 11.0. The average Bonchev–Trinajstić information content (AvgIpc) is 2.55. The van der Waals surface area contributed by atoms with Gasteiger partial charge in [0.05, 0.1) is 0 Å². The summed E-state index contributed by atoms with van der Waals surface area (Å²) in [7, 11) is 0. The number of carbonyl (C=O) groups excluding carboxylic acids is 1. The molecule has 136 valence electrons. The van der Waals surface area contributed by atoms with Gasteiger partial charge in [-0.05, 0) is 19.3 Å². The number of unbranched alkanes of at least 4 members (excludes halogenated alkanes) is 9. The molecule has 1 rings (SSSR count). The van der Waals surface area contributed by atoms with Crippen LogP contribution >= 0.6 is 11.8 Å². The van der Waals surface area contributed by atoms with Gasteiger partial charge >= 0.3 is 0 Å². The molecule has 0 saturated heterocycles. The lowest BCUT2D eigenvalue weighted by atomic mass is 9.91. The highest BCUT2D eigenvalue weighted by atomic mass is 32.2. The number of nitrogens with two attached hydrogens (primary N) is 1. The van der Waals surface area contributed by atoms with Gasteiger partial charge in [0.15, 0.2) is 0 Å². The third-order valence-corrected chi connectivity index (χ3v) is 5.73. The molecule has 0 aromatic heterocycles. The van der Waals surface area contributed by atoms with Crippen LogP contribution in [0.4, 0.5) is 4.79 Å². The molecule has 0 heterocycles. The van der Waals surface area contributed by atoms with Crippen molar-refractivity contribution in [1.82, 2.24) is 5.32 Å². The fraction of sp³-hybridized carbons (Fsp3) is 0.947. The molecule has 3 N–H and O–H groups in total. The van der Waals surface area contributed by atoms with Crippen LogP contribution in [0.15, 0.2) is 0 Å². The molecule has 1 fully saturated rings. The second-order valence-corrected chi connectivity index (χ2v) is 8.08. The number of carbonyl (C=O) groups is 1. The summed E-state index contributed by atoms with van der Waals surface area (Å²) in [5.41, 5.74) is 6.06. The van der Waals surface area contributed by atoms with Crippen molar-refractivity contribution < 1.29 is 4.79 Å². The molecule has 0 spiro atoms. The molecule has 4 heteroatoms. The number of hydrogen-bond donors (Lipinski definition) is 2. The normalized spacial score (nSPS) is 21.3. The summed E-state index contributed by atoms with van der Waals surface area (Å²) < 4.78 is 0. The monoisotopic (exact) mass is 342 g/mol. The molecule has 0 unspecified atom stereocenters. The lowest BCUT2D eigenvalue weighted by Crippen LogP contribution is -2.48. The van der Waals surface area contributed by atoms with Crippen LogP contribution in [0, 0.1) is 0 Å². The van der Waals surface area contributed by atoms with Gasteiger partial charge in [-0.3, -0.25) is 4.79 Å². The van der Waals surface area contributed by atoms with Crippen LogP contribution in [-0.4, -0.2) is 23.1 Å². The maximum Gasteiger partial charge on any atom is 0.279 e. The second kappa shape index (κ2) is 14.2. The van der Waals surface area contributed by atoms with Crippen molar-refractivity contribution in [3.63, 3.8) is 0 Å². The summed E-state index contributed by atoms with van der Waals surface area (Å²) in [5.74, 6) is 0.949. The molecule has 1 amide bonds. The third-order valence-electron chi connectivity index (χ3n) is 4.85. The molecule has 0 bridgehead atoms. The molecule has 0 aromatic rings. The Hall–Kier alpha value is -0.220. The van der Waals surface area contributed by atoms with Gasteiger partial charge in [0.2, 0.25) is 0 Å². The topological polar surface area (TPSA) is 55.1 Å². The Bertz CT molecular complexity index is 299. The van der Waals surface area contributed by atoms with E-state index in [-0.39, 0.29) is 17.3 Å². The summed E-state index contributed by atoms with van der Waals surface area (Å²) in [6.07, 6.45) is 17.9. The minimum Gasteiger partial charge on any atom is -0.343 e. The van der Waals surface area contributed by atoms with Crippen molar-refractivity contribution in [1.29, 1.82) is 0 Å². The van der Waals surface area contributed by atoms with Crippen molar-refractivity contribution in [2.75, 3.05) is 5.75 Å². The number of thioether (sulfide) groups is 1. The van der Waals surface area contributed by atoms with Gasteiger partial charge in [-0.1, -0.05) is 89.3 Å². The summed E-state index contributed by atoms with van der Waals surface area (Å²) in [6.45, 7) is 2.27. The van der Waals surface area contributed by atoms with Gasteiger partial charge in [0.1, 0.15) is 0 Å². The van der Waals surface area contributed by atoms with E-state index in [0.717, 1.165) is 25.0 Å². The number of hydrogen-bond acceptors (Lipinski definition) is 3. The standard InChI is InChI=1S/C19H38N2OS/c1-2-3-4-5-6-7-8-9-10-13-16-23-19(22)21-18-15-12-11-14-17(18)20/h17-18H,2-16,20H2,1H3,(H,21,22)/t17-,18-/m1/s1. The lowest BCUT2D eigenvalue weighted by Gasteiger charge is -2.29. The van der Waals surface area contributed by atoms with Crippen molar-refractivity contribution in [3.8, 4) is 0 Å². The van der Waals surface area contributed by atoms with Crippen LogP contribution in [-0.2, 0) is 0 Å². The zero-order chi connectivity index (χ0) is 16.8. The first-order chi connectivity index (χ1) is 11.2. The van der Waals surface area contributed by atoms with Crippen LogP contribution in [0.2, 0.25) is 0 Å². The zero-order valence-corrected chi connectivity index (χ0v) is 16.0. The molecule has 1 saturated carbocycles. The highest BCUT2D eigenvalue weighted by Crippen LogP contribution is 2.18. The minimum atomic E-state index is 0.128. The van der Waals surface area contributed by atoms with E-state index in [2.05, 4.69) is 12.2 Å². The zero-order valence-electron chi connectivity index (χ0n) is 15.2. The van der Waals surface area contributed by atoms with Gasteiger partial charge in [-0.2, -0.15) is 0 Å². The Balaban J connectivity index is 1.86. The Morgan fingerprint density at radius 3 is 2.13 bits per heavy atom. The van der Waals surface area contributed by atoms with Gasteiger partial charge in [-0.15, -0.1) is 0 Å². The van der Waals surface area contributed by atoms with Crippen molar-refractivity contribution in [2.45, 2.75) is 109 Å². The Kier molecular flexibility index (Phi) is 12.8. The van der Waals surface area contributed by atoms with E-state index in [1.165, 1.54) is 82.4 Å². The molecule has 3 nitrogen and oxygen atoms in total. The molecular formula is C19H38N2OS. The molecular weight excluding hydrogens is 304 g/mol. The molecule has 2 atom stereocenters. The predicted octanol–water partition coefficient (Wildman–Crippen LogP) is 5.62. The van der Waals surface area contributed by atoms with Crippen LogP contribution in [0.3, 0.4) is 0 Å². The van der Waals surface area contributed by atoms with E-state index in [9.17, 15) is 4.79 Å². The second-order valence-electron chi connectivity index (χ2n) is 7.02. The minimum absolute atomic E-state index is 0.128. The highest BCUT2D eigenvalue weighted by Gasteiger charge is 2.23. The van der Waals surface area contributed by atoms with Gasteiger partial charge in [-0.25, -0.2) is 0 Å². The van der Waals surface area contributed by atoms with Crippen LogP contribution in [0.5, 0.6) is 0 Å². The molecule has 0 aliphatic heterocycles. The number of rotatable bonds is 12. The fourth-order valence-electron chi connectivity index (χ4n) is 3.29. The Morgan fingerprint density at radius 2 is 1.52 bits per heavy atom. The van der Waals surface area contributed by atoms with Crippen molar-refractivity contribution in [3.05, 3.63) is 0 Å². The Labute approximate surface area is 147 Å². The smallest absolute Gasteiger partial charge is 0.279 e. The van der Waals surface area contributed by atoms with E-state index in [1.54, 1.807) is 0 Å². The van der Waals surface area contributed by atoms with E-state index >= 15 is 0 Å². The number of nitrogens with one attached hydrogen (secondary N) is 1. The highest BCUT2D eigenvalue weighted by molar-refractivity contribution is 8.13. The van der Waals surface area contributed by atoms with Gasteiger partial charge in [0, 0.05) is 17.8 Å². The van der Waals surface area contributed by atoms with E-state index in [1.807, 2.05) is 0 Å². The van der Waals surface area contributed by atoms with Crippen molar-refractivity contribution in [2.24, 2.45) is 5.73 Å². The Morgan fingerprint density at radius 1 is 0.957 bits per heavy atom. The maximum absolute atomic E-state index is 11.9. The summed E-state index contributed by atoms with van der Waals surface area (Å²) in [6, 6.07) is 0.363. The quantitative estimate of drug-likeness (QED) is 0.453. The predicted molar refractivity (Wildman–Crippen MR) is 103 cm³/mol. The summed E-state index contributed by atoms with van der Waals surface area (Å²) >= 11 is 1.44. The van der Waals surface area contributed by atoms with E-state index in [0.29, 0.717) is 0 Å². The van der Waals surface area contributed by atoms with E-state index < -0.39 is 0 Å². The summed E-state index contributed by atoms with van der Waals surface area (Å²) in [4.78, 5) is 11.9. The first-order valence-electron chi connectivity index (χ1n) is 9.93. The molecule has 0 aromatic carbocycles. The lowest BCUT2D eigenvalue weighted by molar-refractivity contribution is 0.249. The maximum atomic E-state index is 11.9. The van der Waals surface area contributed by atoms with Gasteiger partial charge in [0.25, 0.3) is 5.24 Å². The fourth-order valence-corrected chi connectivity index (χ4v) is 4.05. The molecule has 1 aliphatic carbocycles. The SMILES string of the molecule is CCCCCCCCCCCCSC(=O)N[C@@H]1CCCC[C@H]1N.